The van der Waals surface area contributed by atoms with E-state index in [1.807, 2.05) is 50.2 Å². The fraction of sp³-hybridized carbons (Fsp3) is 0.250. The molecule has 0 spiro atoms. The Morgan fingerprint density at radius 1 is 1.18 bits per heavy atom. The van der Waals surface area contributed by atoms with Gasteiger partial charge < -0.3 is 19.9 Å². The maximum absolute atomic E-state index is 13.2. The Morgan fingerprint density at radius 3 is 2.61 bits per heavy atom. The Labute approximate surface area is 190 Å². The van der Waals surface area contributed by atoms with Gasteiger partial charge in [-0.25, -0.2) is 0 Å². The first-order chi connectivity index (χ1) is 15.7. The molecule has 1 aromatic heterocycles. The number of nitro benzene ring substituents is 1. The molecule has 9 heteroatoms. The first-order valence-corrected chi connectivity index (χ1v) is 10.5. The van der Waals surface area contributed by atoms with Gasteiger partial charge in [-0.3, -0.25) is 19.7 Å². The number of ketones is 1. The molecular weight excluding hydrogens is 424 g/mol. The van der Waals surface area contributed by atoms with Crippen LogP contribution in [0, 0.1) is 17.0 Å². The summed E-state index contributed by atoms with van der Waals surface area (Å²) in [6, 6.07) is 12.1. The van der Waals surface area contributed by atoms with Crippen LogP contribution in [0.1, 0.15) is 22.9 Å². The summed E-state index contributed by atoms with van der Waals surface area (Å²) in [5.74, 6) is -1.95. The van der Waals surface area contributed by atoms with Crippen LogP contribution in [0.2, 0.25) is 0 Å². The molecule has 2 aromatic carbocycles. The molecular formula is C24H24N4O5. The average molecular weight is 448 g/mol. The summed E-state index contributed by atoms with van der Waals surface area (Å²) in [6.45, 7) is 2.64. The van der Waals surface area contributed by atoms with Crippen LogP contribution in [-0.2, 0) is 9.59 Å². The van der Waals surface area contributed by atoms with Gasteiger partial charge in [0.1, 0.15) is 5.76 Å². The predicted molar refractivity (Wildman–Crippen MR) is 124 cm³/mol. The monoisotopic (exact) mass is 448 g/mol. The minimum atomic E-state index is -0.833. The number of likely N-dealkylation sites (N-methyl/N-ethyl adjacent to an activating group) is 1. The number of nitro groups is 1. The minimum absolute atomic E-state index is 0.0768. The lowest BCUT2D eigenvalue weighted by Gasteiger charge is -2.27. The number of nitrogens with one attached hydrogen (secondary N) is 1. The lowest BCUT2D eigenvalue weighted by atomic mass is 9.93. The summed E-state index contributed by atoms with van der Waals surface area (Å²) in [4.78, 5) is 43.6. The number of carbonyl (C=O) groups is 2. The van der Waals surface area contributed by atoms with E-state index in [1.54, 1.807) is 0 Å². The highest BCUT2D eigenvalue weighted by Crippen LogP contribution is 2.43. The van der Waals surface area contributed by atoms with Crippen molar-refractivity contribution in [3.63, 3.8) is 0 Å². The van der Waals surface area contributed by atoms with E-state index in [1.165, 1.54) is 29.2 Å². The molecule has 170 valence electrons. The highest BCUT2D eigenvalue weighted by Gasteiger charge is 2.47. The number of H-pyrrole nitrogens is 1. The molecule has 1 aliphatic rings. The zero-order valence-electron chi connectivity index (χ0n) is 18.5. The number of hydrogen-bond donors (Lipinski definition) is 2. The fourth-order valence-electron chi connectivity index (χ4n) is 4.29. The molecule has 1 amide bonds. The molecule has 4 rings (SSSR count). The zero-order valence-corrected chi connectivity index (χ0v) is 18.5. The first kappa shape index (κ1) is 22.2. The van der Waals surface area contributed by atoms with Crippen LogP contribution in [0.3, 0.4) is 0 Å². The first-order valence-electron chi connectivity index (χ1n) is 10.5. The molecule has 9 nitrogen and oxygen atoms in total. The predicted octanol–water partition coefficient (Wildman–Crippen LogP) is 3.37. The van der Waals surface area contributed by atoms with Gasteiger partial charge in [-0.2, -0.15) is 0 Å². The molecule has 0 bridgehead atoms. The van der Waals surface area contributed by atoms with E-state index >= 15 is 0 Å². The number of hydrogen-bond acceptors (Lipinski definition) is 6. The number of likely N-dealkylation sites (tertiary alicyclic amines) is 1. The summed E-state index contributed by atoms with van der Waals surface area (Å²) in [6.07, 6.45) is 0. The largest absolute Gasteiger partial charge is 0.507 e. The quantitative estimate of drug-likeness (QED) is 0.196. The van der Waals surface area contributed by atoms with Gasteiger partial charge in [0, 0.05) is 52.9 Å². The van der Waals surface area contributed by atoms with Gasteiger partial charge in [-0.1, -0.05) is 30.3 Å². The number of para-hydroxylation sites is 1. The van der Waals surface area contributed by atoms with E-state index in [2.05, 4.69) is 4.98 Å². The number of fused-ring (bicyclic) bond motifs is 1. The van der Waals surface area contributed by atoms with Gasteiger partial charge in [-0.05, 0) is 27.1 Å². The number of aromatic nitrogens is 1. The molecule has 1 saturated heterocycles. The van der Waals surface area contributed by atoms with E-state index in [0.29, 0.717) is 6.54 Å². The van der Waals surface area contributed by atoms with Crippen LogP contribution in [0.4, 0.5) is 5.69 Å². The van der Waals surface area contributed by atoms with Gasteiger partial charge in [0.15, 0.2) is 0 Å². The highest BCUT2D eigenvalue weighted by molar-refractivity contribution is 6.46. The summed E-state index contributed by atoms with van der Waals surface area (Å²) in [5, 5.41) is 23.2. The van der Waals surface area contributed by atoms with Gasteiger partial charge in [0.25, 0.3) is 17.4 Å². The van der Waals surface area contributed by atoms with Crippen molar-refractivity contribution >= 4 is 34.0 Å². The lowest BCUT2D eigenvalue weighted by Crippen LogP contribution is -2.35. The number of aliphatic hydroxyl groups excluding tert-OH is 1. The molecule has 1 atom stereocenters. The van der Waals surface area contributed by atoms with Crippen LogP contribution in [0.25, 0.3) is 16.7 Å². The number of non-ortho nitro benzene ring substituents is 1. The number of Topliss-reactive ketones (excluding diaryl/α,β-unsaturated/α-hetero) is 1. The molecule has 0 radical (unpaired) electrons. The number of nitrogens with zero attached hydrogens (tertiary/aromatic N) is 3. The number of aliphatic hydroxyl groups is 1. The number of aryl methyl sites for hydroxylation is 1. The number of amides is 1. The summed E-state index contributed by atoms with van der Waals surface area (Å²) >= 11 is 0. The Bertz CT molecular complexity index is 1310. The Hall–Kier alpha value is -3.98. The van der Waals surface area contributed by atoms with E-state index in [-0.39, 0.29) is 23.4 Å². The number of rotatable bonds is 6. The van der Waals surface area contributed by atoms with Crippen molar-refractivity contribution in [2.75, 3.05) is 27.2 Å². The standard InChI is InChI=1S/C24H24N4O5/c1-14-19(17-9-4-5-10-18(17)25-14)21-20(23(30)24(31)27(21)12-11-26(2)3)22(29)15-7-6-8-16(13-15)28(32)33/h4-10,13,21,25,29H,11-12H2,1-3H3/b22-20+. The number of carbonyl (C=O) groups excluding carboxylic acids is 2. The fourth-order valence-corrected chi connectivity index (χ4v) is 4.29. The third-order valence-electron chi connectivity index (χ3n) is 5.88. The van der Waals surface area contributed by atoms with E-state index in [0.717, 1.165) is 22.2 Å². The van der Waals surface area contributed by atoms with Gasteiger partial charge in [0.05, 0.1) is 16.5 Å². The van der Waals surface area contributed by atoms with E-state index in [9.17, 15) is 24.8 Å². The highest BCUT2D eigenvalue weighted by atomic mass is 16.6. The number of benzene rings is 2. The Morgan fingerprint density at radius 2 is 1.91 bits per heavy atom. The molecule has 0 saturated carbocycles. The molecule has 3 aromatic rings. The van der Waals surface area contributed by atoms with Gasteiger partial charge in [-0.15, -0.1) is 0 Å². The SMILES string of the molecule is Cc1[nH]c2ccccc2c1C1/C(=C(\O)c2cccc([N+](=O)[O-])c2)C(=O)C(=O)N1CCN(C)C. The minimum Gasteiger partial charge on any atom is -0.507 e. The number of aromatic amines is 1. The van der Waals surface area contributed by atoms with Crippen LogP contribution in [0.15, 0.2) is 54.1 Å². The van der Waals surface area contributed by atoms with Crippen LogP contribution in [0.5, 0.6) is 0 Å². The van der Waals surface area contributed by atoms with E-state index < -0.39 is 28.4 Å². The molecule has 1 unspecified atom stereocenters. The van der Waals surface area contributed by atoms with Crippen molar-refractivity contribution in [1.82, 2.24) is 14.8 Å². The zero-order chi connectivity index (χ0) is 23.9. The third kappa shape index (κ3) is 3.87. The molecule has 33 heavy (non-hydrogen) atoms. The molecule has 1 fully saturated rings. The summed E-state index contributed by atoms with van der Waals surface area (Å²) in [5.41, 5.74) is 2.14. The van der Waals surface area contributed by atoms with Crippen molar-refractivity contribution in [3.05, 3.63) is 81.0 Å². The summed E-state index contributed by atoms with van der Waals surface area (Å²) < 4.78 is 0. The second-order valence-electron chi connectivity index (χ2n) is 8.31. The van der Waals surface area contributed by atoms with Gasteiger partial charge >= 0.3 is 0 Å². The molecule has 0 aliphatic carbocycles. The van der Waals surface area contributed by atoms with Crippen LogP contribution >= 0.6 is 0 Å². The van der Waals surface area contributed by atoms with Crippen molar-refractivity contribution < 1.29 is 19.6 Å². The molecule has 2 N–H and O–H groups in total. The normalized spacial score (nSPS) is 17.9. The Kier molecular flexibility index (Phi) is 5.73. The van der Waals surface area contributed by atoms with Crippen LogP contribution < -0.4 is 0 Å². The lowest BCUT2D eigenvalue weighted by molar-refractivity contribution is -0.384. The Balaban J connectivity index is 1.96. The molecule has 2 heterocycles. The third-order valence-corrected chi connectivity index (χ3v) is 5.88. The summed E-state index contributed by atoms with van der Waals surface area (Å²) in [7, 11) is 3.73. The smallest absolute Gasteiger partial charge is 0.295 e. The van der Waals surface area contributed by atoms with Gasteiger partial charge in [0.2, 0.25) is 0 Å². The van der Waals surface area contributed by atoms with Crippen molar-refractivity contribution in [1.29, 1.82) is 0 Å². The topological polar surface area (TPSA) is 120 Å². The van der Waals surface area contributed by atoms with Crippen molar-refractivity contribution in [2.45, 2.75) is 13.0 Å². The van der Waals surface area contributed by atoms with Crippen LogP contribution in [-0.4, -0.2) is 63.7 Å². The van der Waals surface area contributed by atoms with Crippen molar-refractivity contribution in [3.8, 4) is 0 Å². The second-order valence-corrected chi connectivity index (χ2v) is 8.31. The average Bonchev–Trinajstić information content (AvgIpc) is 3.24. The second kappa shape index (κ2) is 8.51. The maximum atomic E-state index is 13.2. The van der Waals surface area contributed by atoms with Crippen molar-refractivity contribution in [2.24, 2.45) is 0 Å². The maximum Gasteiger partial charge on any atom is 0.295 e. The van der Waals surface area contributed by atoms with E-state index in [4.69, 9.17) is 0 Å². The molecule has 1 aliphatic heterocycles.